The van der Waals surface area contributed by atoms with Crippen LogP contribution in [0.4, 0.5) is 5.69 Å². The van der Waals surface area contributed by atoms with E-state index in [1.54, 1.807) is 0 Å². The molecule has 1 aliphatic heterocycles. The minimum absolute atomic E-state index is 1.18. The molecule has 106 valence electrons. The molecule has 0 aliphatic carbocycles. The van der Waals surface area contributed by atoms with Crippen LogP contribution in [0.2, 0.25) is 0 Å². The van der Waals surface area contributed by atoms with Crippen molar-refractivity contribution in [3.05, 3.63) is 29.8 Å². The van der Waals surface area contributed by atoms with Crippen LogP contribution < -0.4 is 4.90 Å². The molecule has 0 spiro atoms. The van der Waals surface area contributed by atoms with Gasteiger partial charge in [-0.3, -0.25) is 4.90 Å². The van der Waals surface area contributed by atoms with Crippen LogP contribution in [-0.2, 0) is 0 Å². The highest BCUT2D eigenvalue weighted by Crippen LogP contribution is 2.20. The molecule has 0 saturated carbocycles. The molecule has 19 heavy (non-hydrogen) atoms. The molecule has 2 nitrogen and oxygen atoms in total. The Hall–Kier alpha value is -1.02. The van der Waals surface area contributed by atoms with Gasteiger partial charge in [-0.1, -0.05) is 44.4 Å². The van der Waals surface area contributed by atoms with Gasteiger partial charge in [0.05, 0.1) is 0 Å². The van der Waals surface area contributed by atoms with Gasteiger partial charge in [0.2, 0.25) is 0 Å². The highest BCUT2D eigenvalue weighted by molar-refractivity contribution is 5.53. The molecule has 1 saturated heterocycles. The Labute approximate surface area is 118 Å². The predicted octanol–water partition coefficient (Wildman–Crippen LogP) is 3.70. The van der Waals surface area contributed by atoms with Gasteiger partial charge in [-0.05, 0) is 31.5 Å². The number of anilines is 1. The second kappa shape index (κ2) is 7.54. The topological polar surface area (TPSA) is 6.48 Å². The Kier molecular flexibility index (Phi) is 5.71. The van der Waals surface area contributed by atoms with Crippen molar-refractivity contribution in [2.45, 2.75) is 39.5 Å². The number of piperazine rings is 1. The van der Waals surface area contributed by atoms with E-state index in [-0.39, 0.29) is 0 Å². The quantitative estimate of drug-likeness (QED) is 0.720. The lowest BCUT2D eigenvalue weighted by Gasteiger charge is -2.36. The summed E-state index contributed by atoms with van der Waals surface area (Å²) in [5.41, 5.74) is 2.83. The monoisotopic (exact) mass is 260 g/mol. The van der Waals surface area contributed by atoms with Crippen molar-refractivity contribution < 1.29 is 0 Å². The summed E-state index contributed by atoms with van der Waals surface area (Å²) in [5.74, 6) is 0. The fraction of sp³-hybridized carbons (Fsp3) is 0.647. The number of benzene rings is 1. The summed E-state index contributed by atoms with van der Waals surface area (Å²) in [5, 5.41) is 0. The zero-order chi connectivity index (χ0) is 13.5. The number of aryl methyl sites for hydroxylation is 1. The summed E-state index contributed by atoms with van der Waals surface area (Å²) >= 11 is 0. The third-order valence-electron chi connectivity index (χ3n) is 4.16. The third kappa shape index (κ3) is 4.24. The molecule has 0 amide bonds. The van der Waals surface area contributed by atoms with Crippen LogP contribution in [0.15, 0.2) is 24.3 Å². The molecular weight excluding hydrogens is 232 g/mol. The fourth-order valence-electron chi connectivity index (χ4n) is 2.89. The smallest absolute Gasteiger partial charge is 0.0396 e. The molecule has 0 atom stereocenters. The second-order valence-corrected chi connectivity index (χ2v) is 5.68. The van der Waals surface area contributed by atoms with E-state index in [0.717, 1.165) is 0 Å². The summed E-state index contributed by atoms with van der Waals surface area (Å²) in [6.45, 7) is 10.6. The Morgan fingerprint density at radius 2 is 1.68 bits per heavy atom. The van der Waals surface area contributed by atoms with Crippen LogP contribution in [0.5, 0.6) is 0 Å². The van der Waals surface area contributed by atoms with Crippen molar-refractivity contribution in [2.24, 2.45) is 0 Å². The summed E-state index contributed by atoms with van der Waals surface area (Å²) in [7, 11) is 0. The van der Waals surface area contributed by atoms with Crippen LogP contribution in [0.25, 0.3) is 0 Å². The van der Waals surface area contributed by atoms with Crippen LogP contribution >= 0.6 is 0 Å². The molecule has 2 heteroatoms. The first-order valence-corrected chi connectivity index (χ1v) is 7.84. The number of para-hydroxylation sites is 1. The zero-order valence-electron chi connectivity index (χ0n) is 12.6. The highest BCUT2D eigenvalue weighted by Gasteiger charge is 2.17. The van der Waals surface area contributed by atoms with Crippen molar-refractivity contribution in [2.75, 3.05) is 37.6 Å². The molecule has 1 aromatic rings. The minimum atomic E-state index is 1.18. The normalized spacial score (nSPS) is 16.8. The van der Waals surface area contributed by atoms with Crippen LogP contribution in [0, 0.1) is 6.92 Å². The van der Waals surface area contributed by atoms with Gasteiger partial charge in [-0.15, -0.1) is 0 Å². The molecule has 0 N–H and O–H groups in total. The number of hydrogen-bond donors (Lipinski definition) is 0. The largest absolute Gasteiger partial charge is 0.369 e. The number of nitrogens with zero attached hydrogens (tertiary/aromatic N) is 2. The summed E-state index contributed by atoms with van der Waals surface area (Å²) in [6.07, 6.45) is 5.50. The van der Waals surface area contributed by atoms with Gasteiger partial charge in [-0.25, -0.2) is 0 Å². The van der Waals surface area contributed by atoms with Crippen molar-refractivity contribution in [1.29, 1.82) is 0 Å². The van der Waals surface area contributed by atoms with Gasteiger partial charge in [0.25, 0.3) is 0 Å². The first kappa shape index (κ1) is 14.4. The van der Waals surface area contributed by atoms with Crippen molar-refractivity contribution in [3.8, 4) is 0 Å². The Morgan fingerprint density at radius 3 is 2.37 bits per heavy atom. The molecule has 1 fully saturated rings. The van der Waals surface area contributed by atoms with Crippen molar-refractivity contribution in [1.82, 2.24) is 4.90 Å². The standard InChI is InChI=1S/C17H28N2/c1-3-4-5-8-11-18-12-14-19(15-13-18)17-10-7-6-9-16(17)2/h6-7,9-10H,3-5,8,11-15H2,1-2H3. The average Bonchev–Trinajstić information content (AvgIpc) is 2.45. The van der Waals surface area contributed by atoms with Gasteiger partial charge < -0.3 is 4.90 Å². The number of unbranched alkanes of at least 4 members (excludes halogenated alkanes) is 3. The predicted molar refractivity (Wildman–Crippen MR) is 84.0 cm³/mol. The molecule has 1 heterocycles. The fourth-order valence-corrected chi connectivity index (χ4v) is 2.89. The molecule has 0 unspecified atom stereocenters. The van der Waals surface area contributed by atoms with E-state index in [0.29, 0.717) is 0 Å². The van der Waals surface area contributed by atoms with Gasteiger partial charge in [-0.2, -0.15) is 0 Å². The summed E-state index contributed by atoms with van der Waals surface area (Å²) < 4.78 is 0. The first-order chi connectivity index (χ1) is 9.31. The van der Waals surface area contributed by atoms with Gasteiger partial charge in [0.15, 0.2) is 0 Å². The van der Waals surface area contributed by atoms with E-state index in [1.165, 1.54) is 69.7 Å². The average molecular weight is 260 g/mol. The molecule has 0 bridgehead atoms. The Balaban J connectivity index is 1.75. The zero-order valence-corrected chi connectivity index (χ0v) is 12.6. The van der Waals surface area contributed by atoms with Crippen LogP contribution in [0.1, 0.15) is 38.2 Å². The van der Waals surface area contributed by atoms with E-state index in [1.807, 2.05) is 0 Å². The lowest BCUT2D eigenvalue weighted by Crippen LogP contribution is -2.46. The van der Waals surface area contributed by atoms with E-state index in [2.05, 4.69) is 47.9 Å². The second-order valence-electron chi connectivity index (χ2n) is 5.68. The molecule has 1 aliphatic rings. The maximum absolute atomic E-state index is 2.63. The van der Waals surface area contributed by atoms with Gasteiger partial charge in [0.1, 0.15) is 0 Å². The van der Waals surface area contributed by atoms with Crippen molar-refractivity contribution >= 4 is 5.69 Å². The first-order valence-electron chi connectivity index (χ1n) is 7.84. The highest BCUT2D eigenvalue weighted by atomic mass is 15.3. The molecule has 2 rings (SSSR count). The van der Waals surface area contributed by atoms with E-state index in [9.17, 15) is 0 Å². The molecular formula is C17H28N2. The van der Waals surface area contributed by atoms with E-state index >= 15 is 0 Å². The van der Waals surface area contributed by atoms with Crippen LogP contribution in [-0.4, -0.2) is 37.6 Å². The maximum atomic E-state index is 2.63. The SMILES string of the molecule is CCCCCCN1CCN(c2ccccc2C)CC1. The van der Waals surface area contributed by atoms with E-state index in [4.69, 9.17) is 0 Å². The summed E-state index contributed by atoms with van der Waals surface area (Å²) in [4.78, 5) is 5.17. The molecule has 1 aromatic carbocycles. The number of hydrogen-bond acceptors (Lipinski definition) is 2. The number of rotatable bonds is 6. The van der Waals surface area contributed by atoms with E-state index < -0.39 is 0 Å². The summed E-state index contributed by atoms with van der Waals surface area (Å²) in [6, 6.07) is 8.75. The maximum Gasteiger partial charge on any atom is 0.0396 e. The van der Waals surface area contributed by atoms with Gasteiger partial charge in [0, 0.05) is 31.9 Å². The third-order valence-corrected chi connectivity index (χ3v) is 4.16. The molecule has 0 aromatic heterocycles. The molecule has 0 radical (unpaired) electrons. The lowest BCUT2D eigenvalue weighted by molar-refractivity contribution is 0.252. The van der Waals surface area contributed by atoms with Crippen molar-refractivity contribution in [3.63, 3.8) is 0 Å². The minimum Gasteiger partial charge on any atom is -0.369 e. The Morgan fingerprint density at radius 1 is 0.947 bits per heavy atom. The van der Waals surface area contributed by atoms with Crippen LogP contribution in [0.3, 0.4) is 0 Å². The lowest BCUT2D eigenvalue weighted by atomic mass is 10.1. The Bertz CT molecular complexity index is 367. The van der Waals surface area contributed by atoms with Gasteiger partial charge >= 0.3 is 0 Å².